The summed E-state index contributed by atoms with van der Waals surface area (Å²) in [6.45, 7) is 3.46. The molecule has 0 saturated carbocycles. The molecule has 0 fully saturated rings. The van der Waals surface area contributed by atoms with Gasteiger partial charge >= 0.3 is 0 Å². The molecule has 0 radical (unpaired) electrons. The van der Waals surface area contributed by atoms with Crippen LogP contribution in [0.4, 0.5) is 5.82 Å². The number of amides is 1. The summed E-state index contributed by atoms with van der Waals surface area (Å²) in [6, 6.07) is 3.40. The van der Waals surface area contributed by atoms with Gasteiger partial charge in [0, 0.05) is 25.4 Å². The highest BCUT2D eigenvalue weighted by atomic mass is 32.2. The highest BCUT2D eigenvalue weighted by molar-refractivity contribution is 7.99. The summed E-state index contributed by atoms with van der Waals surface area (Å²) < 4.78 is 0. The van der Waals surface area contributed by atoms with Crippen molar-refractivity contribution < 1.29 is 9.90 Å². The zero-order valence-corrected chi connectivity index (χ0v) is 11.9. The average molecular weight is 284 g/mol. The fourth-order valence-corrected chi connectivity index (χ4v) is 2.10. The molecule has 3 N–H and O–H groups in total. The normalized spacial score (nSPS) is 10.2. The standard InChI is InChI=1S/C12H20N4O2S/c1-2-13-12(18)10-4-5-11(16-15-10)14-6-9-19-8-3-7-17/h4-5,17H,2-3,6-9H2,1H3,(H,13,18)(H,14,16). The zero-order valence-electron chi connectivity index (χ0n) is 11.1. The first-order chi connectivity index (χ1) is 9.27. The van der Waals surface area contributed by atoms with E-state index in [1.807, 2.05) is 6.92 Å². The van der Waals surface area contributed by atoms with Crippen LogP contribution >= 0.6 is 11.8 Å². The first-order valence-electron chi connectivity index (χ1n) is 6.32. The van der Waals surface area contributed by atoms with E-state index < -0.39 is 0 Å². The Labute approximate surface area is 117 Å². The van der Waals surface area contributed by atoms with Crippen LogP contribution in [0.3, 0.4) is 0 Å². The van der Waals surface area contributed by atoms with Crippen molar-refractivity contribution >= 4 is 23.5 Å². The lowest BCUT2D eigenvalue weighted by Gasteiger charge is -2.05. The minimum absolute atomic E-state index is 0.207. The number of nitrogens with zero attached hydrogens (tertiary/aromatic N) is 2. The third-order valence-electron chi connectivity index (χ3n) is 2.23. The number of anilines is 1. The summed E-state index contributed by atoms with van der Waals surface area (Å²) in [4.78, 5) is 11.5. The van der Waals surface area contributed by atoms with Gasteiger partial charge < -0.3 is 15.7 Å². The van der Waals surface area contributed by atoms with Crippen molar-refractivity contribution in [2.45, 2.75) is 13.3 Å². The Morgan fingerprint density at radius 1 is 1.37 bits per heavy atom. The van der Waals surface area contributed by atoms with Crippen molar-refractivity contribution in [3.05, 3.63) is 17.8 Å². The summed E-state index contributed by atoms with van der Waals surface area (Å²) in [5.41, 5.74) is 0.324. The Morgan fingerprint density at radius 3 is 2.84 bits per heavy atom. The summed E-state index contributed by atoms with van der Waals surface area (Å²) in [7, 11) is 0. The molecule has 0 aliphatic heterocycles. The van der Waals surface area contributed by atoms with Crippen LogP contribution in [0.1, 0.15) is 23.8 Å². The molecule has 0 aliphatic carbocycles. The molecule has 19 heavy (non-hydrogen) atoms. The largest absolute Gasteiger partial charge is 0.396 e. The van der Waals surface area contributed by atoms with Crippen molar-refractivity contribution in [2.75, 3.05) is 36.5 Å². The van der Waals surface area contributed by atoms with Crippen LogP contribution in [-0.4, -0.2) is 52.4 Å². The first kappa shape index (κ1) is 15.7. The van der Waals surface area contributed by atoms with E-state index in [4.69, 9.17) is 5.11 Å². The van der Waals surface area contributed by atoms with Crippen LogP contribution in [0.5, 0.6) is 0 Å². The second-order valence-electron chi connectivity index (χ2n) is 3.78. The Bertz CT molecular complexity index is 372. The number of carbonyl (C=O) groups is 1. The molecule has 1 heterocycles. The van der Waals surface area contributed by atoms with Gasteiger partial charge in [-0.05, 0) is 31.2 Å². The summed E-state index contributed by atoms with van der Waals surface area (Å²) in [6.07, 6.45) is 0.825. The van der Waals surface area contributed by atoms with Crippen LogP contribution in [0.15, 0.2) is 12.1 Å². The molecule has 0 aromatic carbocycles. The van der Waals surface area contributed by atoms with E-state index in [0.29, 0.717) is 18.1 Å². The third kappa shape index (κ3) is 6.40. The number of aromatic nitrogens is 2. The van der Waals surface area contributed by atoms with Gasteiger partial charge in [0.1, 0.15) is 5.82 Å². The maximum absolute atomic E-state index is 11.5. The summed E-state index contributed by atoms with van der Waals surface area (Å²) >= 11 is 1.78. The van der Waals surface area contributed by atoms with E-state index >= 15 is 0 Å². The Balaban J connectivity index is 2.26. The highest BCUT2D eigenvalue weighted by Gasteiger charge is 2.05. The van der Waals surface area contributed by atoms with E-state index in [9.17, 15) is 4.79 Å². The number of carbonyl (C=O) groups excluding carboxylic acids is 1. The Hall–Kier alpha value is -1.34. The zero-order chi connectivity index (χ0) is 13.9. The van der Waals surface area contributed by atoms with E-state index in [1.165, 1.54) is 0 Å². The number of rotatable bonds is 9. The number of hydrogen-bond acceptors (Lipinski definition) is 6. The lowest BCUT2D eigenvalue weighted by molar-refractivity contribution is 0.0950. The molecule has 1 aromatic heterocycles. The molecule has 0 saturated heterocycles. The molecule has 1 rings (SSSR count). The maximum atomic E-state index is 11.5. The molecule has 1 aromatic rings. The topological polar surface area (TPSA) is 87.1 Å². The van der Waals surface area contributed by atoms with Crippen LogP contribution in [0.2, 0.25) is 0 Å². The van der Waals surface area contributed by atoms with Crippen molar-refractivity contribution in [1.82, 2.24) is 15.5 Å². The van der Waals surface area contributed by atoms with E-state index in [-0.39, 0.29) is 12.5 Å². The lowest BCUT2D eigenvalue weighted by Crippen LogP contribution is -2.24. The number of thioether (sulfide) groups is 1. The number of nitrogens with one attached hydrogen (secondary N) is 2. The van der Waals surface area contributed by atoms with Gasteiger partial charge in [0.05, 0.1) is 0 Å². The molecule has 0 aliphatic rings. The molecular weight excluding hydrogens is 264 g/mol. The molecule has 106 valence electrons. The fraction of sp³-hybridized carbons (Fsp3) is 0.583. The molecule has 7 heteroatoms. The molecule has 0 unspecified atom stereocenters. The molecule has 0 spiro atoms. The fourth-order valence-electron chi connectivity index (χ4n) is 1.32. The van der Waals surface area contributed by atoms with Gasteiger partial charge in [-0.1, -0.05) is 0 Å². The molecule has 1 amide bonds. The van der Waals surface area contributed by atoms with Crippen molar-refractivity contribution in [3.8, 4) is 0 Å². The van der Waals surface area contributed by atoms with Crippen LogP contribution in [-0.2, 0) is 0 Å². The quantitative estimate of drug-likeness (QED) is 0.580. The summed E-state index contributed by atoms with van der Waals surface area (Å²) in [5, 5.41) is 22.2. The van der Waals surface area contributed by atoms with Crippen molar-refractivity contribution in [1.29, 1.82) is 0 Å². The molecule has 0 bridgehead atoms. The average Bonchev–Trinajstić information content (AvgIpc) is 2.43. The van der Waals surface area contributed by atoms with Gasteiger partial charge in [0.25, 0.3) is 5.91 Å². The Morgan fingerprint density at radius 2 is 2.21 bits per heavy atom. The van der Waals surface area contributed by atoms with Crippen molar-refractivity contribution in [3.63, 3.8) is 0 Å². The smallest absolute Gasteiger partial charge is 0.271 e. The van der Waals surface area contributed by atoms with Gasteiger partial charge in [0.15, 0.2) is 5.69 Å². The van der Waals surface area contributed by atoms with Gasteiger partial charge in [-0.25, -0.2) is 0 Å². The minimum atomic E-state index is -0.207. The predicted octanol–water partition coefficient (Wildman–Crippen LogP) is 0.754. The predicted molar refractivity (Wildman–Crippen MR) is 77.6 cm³/mol. The summed E-state index contributed by atoms with van der Waals surface area (Å²) in [5.74, 6) is 2.36. The molecular formula is C12H20N4O2S. The van der Waals surface area contributed by atoms with Crippen LogP contribution in [0.25, 0.3) is 0 Å². The van der Waals surface area contributed by atoms with Gasteiger partial charge in [-0.2, -0.15) is 11.8 Å². The number of aliphatic hydroxyl groups excluding tert-OH is 1. The van der Waals surface area contributed by atoms with E-state index in [0.717, 1.165) is 24.5 Å². The second-order valence-corrected chi connectivity index (χ2v) is 5.00. The minimum Gasteiger partial charge on any atom is -0.396 e. The highest BCUT2D eigenvalue weighted by Crippen LogP contribution is 2.04. The van der Waals surface area contributed by atoms with E-state index in [2.05, 4.69) is 20.8 Å². The van der Waals surface area contributed by atoms with Crippen LogP contribution < -0.4 is 10.6 Å². The first-order valence-corrected chi connectivity index (χ1v) is 7.47. The molecule has 0 atom stereocenters. The number of aliphatic hydroxyl groups is 1. The second kappa shape index (κ2) is 9.57. The SMILES string of the molecule is CCNC(=O)c1ccc(NCCSCCCO)nn1. The van der Waals surface area contributed by atoms with Crippen LogP contribution in [0, 0.1) is 0 Å². The number of hydrogen-bond donors (Lipinski definition) is 3. The monoisotopic (exact) mass is 284 g/mol. The third-order valence-corrected chi connectivity index (χ3v) is 3.30. The Kier molecular flexibility index (Phi) is 7.92. The molecule has 6 nitrogen and oxygen atoms in total. The van der Waals surface area contributed by atoms with Crippen molar-refractivity contribution in [2.24, 2.45) is 0 Å². The van der Waals surface area contributed by atoms with Gasteiger partial charge in [-0.15, -0.1) is 10.2 Å². The van der Waals surface area contributed by atoms with E-state index in [1.54, 1.807) is 23.9 Å². The van der Waals surface area contributed by atoms with Gasteiger partial charge in [0.2, 0.25) is 0 Å². The maximum Gasteiger partial charge on any atom is 0.271 e. The van der Waals surface area contributed by atoms with Gasteiger partial charge in [-0.3, -0.25) is 4.79 Å². The lowest BCUT2D eigenvalue weighted by atomic mass is 10.3.